The first-order valence-electron chi connectivity index (χ1n) is 12.2. The van der Waals surface area contributed by atoms with Crippen LogP contribution in [0.2, 0.25) is 5.02 Å². The predicted molar refractivity (Wildman–Crippen MR) is 138 cm³/mol. The van der Waals surface area contributed by atoms with Crippen molar-refractivity contribution in [3.05, 3.63) is 69.7 Å². The molecule has 1 N–H and O–H groups in total. The van der Waals surface area contributed by atoms with Gasteiger partial charge in [0.1, 0.15) is 12.7 Å². The van der Waals surface area contributed by atoms with E-state index in [0.717, 1.165) is 38.8 Å². The molecule has 0 saturated carbocycles. The quantitative estimate of drug-likeness (QED) is 0.377. The number of benzene rings is 2. The Balaban J connectivity index is 2.14. The Bertz CT molecular complexity index is 1230. The number of rotatable bonds is 8. The minimum atomic E-state index is -2.43. The van der Waals surface area contributed by atoms with E-state index in [1.165, 1.54) is 6.07 Å². The molecule has 10 nitrogen and oxygen atoms in total. The fraction of sp³-hybridized carbons (Fsp3) is 0.429. The monoisotopic (exact) mass is 562 g/mol. The van der Waals surface area contributed by atoms with E-state index >= 15 is 0 Å². The van der Waals surface area contributed by atoms with Crippen molar-refractivity contribution in [2.45, 2.75) is 71.2 Å². The van der Waals surface area contributed by atoms with Crippen LogP contribution in [-0.4, -0.2) is 60.0 Å². The summed E-state index contributed by atoms with van der Waals surface area (Å²) in [5.74, 6) is -5.50. The highest BCUT2D eigenvalue weighted by Crippen LogP contribution is 2.42. The topological polar surface area (TPSA) is 135 Å². The lowest BCUT2D eigenvalue weighted by Gasteiger charge is -2.48. The summed E-state index contributed by atoms with van der Waals surface area (Å²) in [5.41, 5.74) is 2.78. The van der Waals surface area contributed by atoms with E-state index in [1.807, 2.05) is 31.2 Å². The molecule has 0 unspecified atom stereocenters. The Morgan fingerprint density at radius 3 is 2.03 bits per heavy atom. The van der Waals surface area contributed by atoms with Crippen molar-refractivity contribution in [2.75, 3.05) is 6.61 Å². The minimum Gasteiger partial charge on any atom is -0.463 e. The van der Waals surface area contributed by atoms with Gasteiger partial charge in [0.15, 0.2) is 12.2 Å². The zero-order valence-electron chi connectivity index (χ0n) is 22.3. The number of ether oxygens (including phenoxy) is 5. The van der Waals surface area contributed by atoms with Gasteiger partial charge in [-0.2, -0.15) is 0 Å². The van der Waals surface area contributed by atoms with E-state index in [0.29, 0.717) is 17.0 Å². The highest BCUT2D eigenvalue weighted by atomic mass is 35.5. The first-order chi connectivity index (χ1) is 18.3. The Morgan fingerprint density at radius 2 is 1.46 bits per heavy atom. The van der Waals surface area contributed by atoms with Crippen molar-refractivity contribution in [1.82, 2.24) is 0 Å². The molecule has 1 heterocycles. The second kappa shape index (κ2) is 12.6. The summed E-state index contributed by atoms with van der Waals surface area (Å²) in [6, 6.07) is 12.4. The standard InChI is InChI=1S/C28H31ClO10/c1-15-6-8-20(9-7-15)12-21-13-22(10-11-23(21)29)28(34)27(38-19(5)33)26(37-18(4)32)25(36-17(3)31)24(39-28)14-35-16(2)30/h6-11,13,24-27,34H,12,14H2,1-5H3/t24-,25-,26+,27-,28+/m1/s1. The molecule has 0 aromatic heterocycles. The molecule has 1 saturated heterocycles. The summed E-state index contributed by atoms with van der Waals surface area (Å²) in [6.45, 7) is 5.99. The fourth-order valence-electron chi connectivity index (χ4n) is 4.37. The summed E-state index contributed by atoms with van der Waals surface area (Å²) in [4.78, 5) is 47.8. The third-order valence-electron chi connectivity index (χ3n) is 6.03. The second-order valence-electron chi connectivity index (χ2n) is 9.30. The van der Waals surface area contributed by atoms with Crippen LogP contribution in [0.4, 0.5) is 0 Å². The molecule has 39 heavy (non-hydrogen) atoms. The maximum atomic E-state index is 12.1. The predicted octanol–water partition coefficient (Wildman–Crippen LogP) is 3.14. The third-order valence-corrected chi connectivity index (χ3v) is 6.40. The van der Waals surface area contributed by atoms with Gasteiger partial charge >= 0.3 is 23.9 Å². The highest BCUT2D eigenvalue weighted by molar-refractivity contribution is 6.31. The number of hydrogen-bond acceptors (Lipinski definition) is 10. The van der Waals surface area contributed by atoms with E-state index in [1.54, 1.807) is 12.1 Å². The Morgan fingerprint density at radius 1 is 0.872 bits per heavy atom. The summed E-state index contributed by atoms with van der Waals surface area (Å²) in [6.07, 6.45) is -5.50. The van der Waals surface area contributed by atoms with Gasteiger partial charge in [0.25, 0.3) is 0 Å². The lowest BCUT2D eigenvalue weighted by atomic mass is 9.86. The van der Waals surface area contributed by atoms with Gasteiger partial charge in [0, 0.05) is 38.3 Å². The molecule has 1 aliphatic rings. The van der Waals surface area contributed by atoms with Crippen LogP contribution >= 0.6 is 11.6 Å². The fourth-order valence-corrected chi connectivity index (χ4v) is 4.56. The molecule has 11 heteroatoms. The van der Waals surface area contributed by atoms with Gasteiger partial charge < -0.3 is 28.8 Å². The molecule has 1 aliphatic heterocycles. The van der Waals surface area contributed by atoms with E-state index in [-0.39, 0.29) is 5.56 Å². The molecule has 0 aliphatic carbocycles. The van der Waals surface area contributed by atoms with Crippen LogP contribution in [0.3, 0.4) is 0 Å². The minimum absolute atomic E-state index is 0.117. The van der Waals surface area contributed by atoms with Crippen LogP contribution in [0.15, 0.2) is 42.5 Å². The van der Waals surface area contributed by atoms with Gasteiger partial charge in [0.2, 0.25) is 11.9 Å². The number of esters is 4. The summed E-state index contributed by atoms with van der Waals surface area (Å²) in [5, 5.41) is 12.4. The van der Waals surface area contributed by atoms with Crippen LogP contribution in [0.5, 0.6) is 0 Å². The normalized spacial score (nSPS) is 24.4. The van der Waals surface area contributed by atoms with Crippen LogP contribution < -0.4 is 0 Å². The van der Waals surface area contributed by atoms with Gasteiger partial charge in [-0.05, 0) is 36.6 Å². The molecule has 0 radical (unpaired) electrons. The maximum absolute atomic E-state index is 12.1. The zero-order chi connectivity index (χ0) is 28.9. The van der Waals surface area contributed by atoms with Crippen LogP contribution in [0.25, 0.3) is 0 Å². The molecule has 0 spiro atoms. The first kappa shape index (κ1) is 30.1. The Kier molecular flexibility index (Phi) is 9.71. The van der Waals surface area contributed by atoms with Gasteiger partial charge in [-0.1, -0.05) is 47.5 Å². The molecule has 2 aromatic carbocycles. The molecule has 210 valence electrons. The molecule has 0 bridgehead atoms. The zero-order valence-corrected chi connectivity index (χ0v) is 23.0. The van der Waals surface area contributed by atoms with E-state index in [2.05, 4.69) is 0 Å². The van der Waals surface area contributed by atoms with E-state index in [4.69, 9.17) is 35.3 Å². The number of carbonyl (C=O) groups is 4. The molecule has 0 amide bonds. The average Bonchev–Trinajstić information content (AvgIpc) is 2.84. The molecular formula is C28H31ClO10. The van der Waals surface area contributed by atoms with Crippen LogP contribution in [0.1, 0.15) is 49.9 Å². The molecule has 1 fully saturated rings. The molecule has 3 rings (SSSR count). The number of hydrogen-bond donors (Lipinski definition) is 1. The third kappa shape index (κ3) is 7.56. The molecular weight excluding hydrogens is 532 g/mol. The smallest absolute Gasteiger partial charge is 0.303 e. The van der Waals surface area contributed by atoms with Gasteiger partial charge in [-0.25, -0.2) is 0 Å². The average molecular weight is 563 g/mol. The molecule has 2 aromatic rings. The number of halogens is 1. The lowest BCUT2D eigenvalue weighted by molar-refractivity contribution is -0.360. The van der Waals surface area contributed by atoms with E-state index < -0.39 is 60.7 Å². The first-order valence-corrected chi connectivity index (χ1v) is 12.6. The van der Waals surface area contributed by atoms with Crippen LogP contribution in [0, 0.1) is 6.92 Å². The molecule has 5 atom stereocenters. The van der Waals surface area contributed by atoms with Crippen molar-refractivity contribution in [3.8, 4) is 0 Å². The van der Waals surface area contributed by atoms with Crippen LogP contribution in [-0.2, 0) is 55.1 Å². The Labute approximate surface area is 231 Å². The van der Waals surface area contributed by atoms with Gasteiger partial charge in [0.05, 0.1) is 0 Å². The number of aliphatic hydroxyl groups is 1. The SMILES string of the molecule is CC(=O)OC[C@H]1O[C@@](O)(c2ccc(Cl)c(Cc3ccc(C)cc3)c2)[C@H](OC(C)=O)[C@@H](OC(C)=O)[C@@H]1OC(C)=O. The lowest BCUT2D eigenvalue weighted by Crippen LogP contribution is -2.66. The number of carbonyl (C=O) groups excluding carboxylic acids is 4. The summed E-state index contributed by atoms with van der Waals surface area (Å²) >= 11 is 6.48. The second-order valence-corrected chi connectivity index (χ2v) is 9.71. The summed E-state index contributed by atoms with van der Waals surface area (Å²) < 4.78 is 27.3. The van der Waals surface area contributed by atoms with Crippen molar-refractivity contribution in [2.24, 2.45) is 0 Å². The number of aryl methyl sites for hydroxylation is 1. The summed E-state index contributed by atoms with van der Waals surface area (Å²) in [7, 11) is 0. The highest BCUT2D eigenvalue weighted by Gasteiger charge is 2.60. The largest absolute Gasteiger partial charge is 0.463 e. The van der Waals surface area contributed by atoms with E-state index in [9.17, 15) is 24.3 Å². The Hall–Kier alpha value is -3.47. The van der Waals surface area contributed by atoms with Crippen molar-refractivity contribution < 1.29 is 48.0 Å². The van der Waals surface area contributed by atoms with Crippen molar-refractivity contribution >= 4 is 35.5 Å². The van der Waals surface area contributed by atoms with Crippen molar-refractivity contribution in [1.29, 1.82) is 0 Å². The van der Waals surface area contributed by atoms with Gasteiger partial charge in [-0.3, -0.25) is 19.2 Å². The maximum Gasteiger partial charge on any atom is 0.303 e. The van der Waals surface area contributed by atoms with Gasteiger partial charge in [-0.15, -0.1) is 0 Å². The van der Waals surface area contributed by atoms with Crippen molar-refractivity contribution in [3.63, 3.8) is 0 Å².